The third-order valence-electron chi connectivity index (χ3n) is 3.07. The Kier molecular flexibility index (Phi) is 8.96. The first kappa shape index (κ1) is 15.9. The van der Waals surface area contributed by atoms with E-state index in [1.54, 1.807) is 0 Å². The molecule has 0 aromatic carbocycles. The fraction of sp³-hybridized carbons (Fsp3) is 1.00. The molecule has 0 rings (SSSR count). The standard InChI is InChI=1S/C14H32N2/c1-12(2)7-9-16(10-8-13(3)4)11-14(5)15-6/h12-15H,7-11H2,1-6H3. The van der Waals surface area contributed by atoms with Crippen LogP contribution in [-0.2, 0) is 0 Å². The molecule has 0 saturated heterocycles. The molecule has 0 saturated carbocycles. The molecular weight excluding hydrogens is 196 g/mol. The summed E-state index contributed by atoms with van der Waals surface area (Å²) in [6.45, 7) is 15.2. The van der Waals surface area contributed by atoms with E-state index in [2.05, 4.69) is 44.8 Å². The number of nitrogens with zero attached hydrogens (tertiary/aromatic N) is 1. The third-order valence-corrected chi connectivity index (χ3v) is 3.07. The van der Waals surface area contributed by atoms with Crippen molar-refractivity contribution >= 4 is 0 Å². The predicted molar refractivity (Wildman–Crippen MR) is 73.9 cm³/mol. The van der Waals surface area contributed by atoms with Gasteiger partial charge in [0.25, 0.3) is 0 Å². The molecule has 0 aliphatic rings. The maximum absolute atomic E-state index is 3.33. The van der Waals surface area contributed by atoms with E-state index in [0.29, 0.717) is 6.04 Å². The molecule has 1 N–H and O–H groups in total. The summed E-state index contributed by atoms with van der Waals surface area (Å²) in [5.41, 5.74) is 0. The lowest BCUT2D eigenvalue weighted by Crippen LogP contribution is -2.39. The lowest BCUT2D eigenvalue weighted by molar-refractivity contribution is 0.225. The molecule has 2 heteroatoms. The molecule has 0 aliphatic heterocycles. The molecule has 1 atom stereocenters. The molecule has 0 fully saturated rings. The first-order valence-electron chi connectivity index (χ1n) is 6.85. The predicted octanol–water partition coefficient (Wildman–Crippen LogP) is 2.99. The Bertz CT molecular complexity index is 143. The number of hydrogen-bond acceptors (Lipinski definition) is 2. The van der Waals surface area contributed by atoms with Crippen LogP contribution in [-0.4, -0.2) is 37.6 Å². The van der Waals surface area contributed by atoms with Crippen molar-refractivity contribution in [1.82, 2.24) is 10.2 Å². The molecule has 1 unspecified atom stereocenters. The molecule has 0 aromatic heterocycles. The van der Waals surface area contributed by atoms with E-state index in [1.807, 2.05) is 7.05 Å². The Morgan fingerprint density at radius 2 is 1.31 bits per heavy atom. The second-order valence-corrected chi connectivity index (χ2v) is 5.86. The Labute approximate surface area is 103 Å². The Hall–Kier alpha value is -0.0800. The van der Waals surface area contributed by atoms with Crippen LogP contribution in [0.15, 0.2) is 0 Å². The molecule has 98 valence electrons. The third kappa shape index (κ3) is 9.17. The van der Waals surface area contributed by atoms with Crippen molar-refractivity contribution in [1.29, 1.82) is 0 Å². The van der Waals surface area contributed by atoms with Crippen LogP contribution in [0.4, 0.5) is 0 Å². The minimum atomic E-state index is 0.597. The molecule has 16 heavy (non-hydrogen) atoms. The fourth-order valence-electron chi connectivity index (χ4n) is 1.65. The van der Waals surface area contributed by atoms with Gasteiger partial charge in [0.15, 0.2) is 0 Å². The van der Waals surface area contributed by atoms with Gasteiger partial charge in [0.2, 0.25) is 0 Å². The Balaban J connectivity index is 3.94. The highest BCUT2D eigenvalue weighted by Crippen LogP contribution is 2.07. The van der Waals surface area contributed by atoms with E-state index >= 15 is 0 Å². The molecule has 0 heterocycles. The quantitative estimate of drug-likeness (QED) is 0.652. The van der Waals surface area contributed by atoms with Crippen LogP contribution in [0.3, 0.4) is 0 Å². The summed E-state index contributed by atoms with van der Waals surface area (Å²) >= 11 is 0. The summed E-state index contributed by atoms with van der Waals surface area (Å²) in [5, 5.41) is 3.33. The average Bonchev–Trinajstić information content (AvgIpc) is 2.21. The molecule has 2 nitrogen and oxygen atoms in total. The molecule has 0 spiro atoms. The van der Waals surface area contributed by atoms with E-state index in [4.69, 9.17) is 0 Å². The van der Waals surface area contributed by atoms with Crippen molar-refractivity contribution in [2.75, 3.05) is 26.7 Å². The number of hydrogen-bond donors (Lipinski definition) is 1. The summed E-state index contributed by atoms with van der Waals surface area (Å²) in [4.78, 5) is 2.61. The Morgan fingerprint density at radius 3 is 1.62 bits per heavy atom. The Morgan fingerprint density at radius 1 is 0.875 bits per heavy atom. The van der Waals surface area contributed by atoms with Crippen LogP contribution in [0.1, 0.15) is 47.5 Å². The van der Waals surface area contributed by atoms with Crippen LogP contribution in [0.2, 0.25) is 0 Å². The van der Waals surface area contributed by atoms with Gasteiger partial charge in [0.1, 0.15) is 0 Å². The van der Waals surface area contributed by atoms with Gasteiger partial charge in [-0.2, -0.15) is 0 Å². The maximum atomic E-state index is 3.33. The highest BCUT2D eigenvalue weighted by atomic mass is 15.1. The highest BCUT2D eigenvalue weighted by Gasteiger charge is 2.10. The van der Waals surface area contributed by atoms with E-state index in [0.717, 1.165) is 11.8 Å². The highest BCUT2D eigenvalue weighted by molar-refractivity contribution is 4.67. The molecule has 0 aliphatic carbocycles. The second-order valence-electron chi connectivity index (χ2n) is 5.86. The van der Waals surface area contributed by atoms with Crippen molar-refractivity contribution in [3.05, 3.63) is 0 Å². The summed E-state index contributed by atoms with van der Waals surface area (Å²) in [6.07, 6.45) is 2.63. The summed E-state index contributed by atoms with van der Waals surface area (Å²) in [6, 6.07) is 0.597. The molecule has 0 bridgehead atoms. The summed E-state index contributed by atoms with van der Waals surface area (Å²) < 4.78 is 0. The lowest BCUT2D eigenvalue weighted by atomic mass is 10.1. The van der Waals surface area contributed by atoms with Crippen LogP contribution in [0, 0.1) is 11.8 Å². The minimum absolute atomic E-state index is 0.597. The van der Waals surface area contributed by atoms with Crippen molar-refractivity contribution in [2.24, 2.45) is 11.8 Å². The van der Waals surface area contributed by atoms with Gasteiger partial charge < -0.3 is 10.2 Å². The zero-order valence-corrected chi connectivity index (χ0v) is 12.2. The van der Waals surface area contributed by atoms with Crippen LogP contribution in [0.5, 0.6) is 0 Å². The first-order chi connectivity index (χ1) is 7.45. The first-order valence-corrected chi connectivity index (χ1v) is 6.85. The largest absolute Gasteiger partial charge is 0.316 e. The van der Waals surface area contributed by atoms with Gasteiger partial charge in [-0.1, -0.05) is 27.7 Å². The molecule has 0 aromatic rings. The smallest absolute Gasteiger partial charge is 0.0163 e. The van der Waals surface area contributed by atoms with Crippen LogP contribution >= 0.6 is 0 Å². The van der Waals surface area contributed by atoms with Gasteiger partial charge in [-0.3, -0.25) is 0 Å². The number of rotatable bonds is 9. The van der Waals surface area contributed by atoms with Crippen molar-refractivity contribution in [3.8, 4) is 0 Å². The van der Waals surface area contributed by atoms with Crippen LogP contribution in [0.25, 0.3) is 0 Å². The van der Waals surface area contributed by atoms with E-state index in [1.165, 1.54) is 32.5 Å². The van der Waals surface area contributed by atoms with Gasteiger partial charge in [-0.15, -0.1) is 0 Å². The summed E-state index contributed by atoms with van der Waals surface area (Å²) in [7, 11) is 2.05. The fourth-order valence-corrected chi connectivity index (χ4v) is 1.65. The van der Waals surface area contributed by atoms with Crippen molar-refractivity contribution in [3.63, 3.8) is 0 Å². The number of likely N-dealkylation sites (N-methyl/N-ethyl adjacent to an activating group) is 1. The normalized spacial score (nSPS) is 14.1. The van der Waals surface area contributed by atoms with Gasteiger partial charge in [-0.25, -0.2) is 0 Å². The second kappa shape index (κ2) is 9.00. The van der Waals surface area contributed by atoms with E-state index < -0.39 is 0 Å². The van der Waals surface area contributed by atoms with Crippen LogP contribution < -0.4 is 5.32 Å². The van der Waals surface area contributed by atoms with Gasteiger partial charge in [0, 0.05) is 12.6 Å². The average molecular weight is 228 g/mol. The topological polar surface area (TPSA) is 15.3 Å². The van der Waals surface area contributed by atoms with Crippen molar-refractivity contribution < 1.29 is 0 Å². The molecular formula is C14H32N2. The minimum Gasteiger partial charge on any atom is -0.316 e. The summed E-state index contributed by atoms with van der Waals surface area (Å²) in [5.74, 6) is 1.62. The van der Waals surface area contributed by atoms with E-state index in [-0.39, 0.29) is 0 Å². The number of nitrogens with one attached hydrogen (secondary N) is 1. The zero-order chi connectivity index (χ0) is 12.6. The molecule has 0 radical (unpaired) electrons. The van der Waals surface area contributed by atoms with Gasteiger partial charge in [0.05, 0.1) is 0 Å². The molecule has 0 amide bonds. The maximum Gasteiger partial charge on any atom is 0.0163 e. The van der Waals surface area contributed by atoms with Gasteiger partial charge in [-0.05, 0) is 51.7 Å². The SMILES string of the molecule is CNC(C)CN(CCC(C)C)CCC(C)C. The van der Waals surface area contributed by atoms with E-state index in [9.17, 15) is 0 Å². The lowest BCUT2D eigenvalue weighted by Gasteiger charge is -2.27. The van der Waals surface area contributed by atoms with Crippen molar-refractivity contribution in [2.45, 2.75) is 53.5 Å². The monoisotopic (exact) mass is 228 g/mol. The van der Waals surface area contributed by atoms with Gasteiger partial charge >= 0.3 is 0 Å². The zero-order valence-electron chi connectivity index (χ0n) is 12.2.